The Kier molecular flexibility index (Phi) is 7.07. The fourth-order valence-corrected chi connectivity index (χ4v) is 4.67. The molecular weight excluding hydrogens is 477 g/mol. The van der Waals surface area contributed by atoms with Crippen LogP contribution in [-0.4, -0.2) is 70.5 Å². The van der Waals surface area contributed by atoms with Gasteiger partial charge in [-0.2, -0.15) is 0 Å². The number of rotatable bonds is 7. The summed E-state index contributed by atoms with van der Waals surface area (Å²) < 4.78 is 31.1. The molecule has 0 radical (unpaired) electrons. The summed E-state index contributed by atoms with van der Waals surface area (Å²) >= 11 is 1.46. The molecule has 5 rings (SSSR count). The van der Waals surface area contributed by atoms with Crippen LogP contribution in [0.25, 0.3) is 11.0 Å². The summed E-state index contributed by atoms with van der Waals surface area (Å²) in [6.07, 6.45) is 0.794. The quantitative estimate of drug-likeness (QED) is 0.440. The summed E-state index contributed by atoms with van der Waals surface area (Å²) in [5.74, 6) is 0.125. The number of anilines is 1. The minimum absolute atomic E-state index is 0.0270. The number of fused-ring (bicyclic) bond motifs is 2. The van der Waals surface area contributed by atoms with Crippen molar-refractivity contribution in [3.8, 4) is 5.88 Å². The lowest BCUT2D eigenvalue weighted by Crippen LogP contribution is -2.48. The Hall–Kier alpha value is -2.90. The number of methoxy groups -OCH3 is 1. The molecule has 5 heterocycles. The first kappa shape index (κ1) is 23.8. The highest BCUT2D eigenvalue weighted by Gasteiger charge is 2.29. The zero-order valence-corrected chi connectivity index (χ0v) is 19.7. The summed E-state index contributed by atoms with van der Waals surface area (Å²) in [6, 6.07) is 5.05. The lowest BCUT2D eigenvalue weighted by atomic mass is 10.1. The molecule has 0 spiro atoms. The van der Waals surface area contributed by atoms with Crippen molar-refractivity contribution < 1.29 is 28.5 Å². The minimum Gasteiger partial charge on any atom is -0.481 e. The third-order valence-electron chi connectivity index (χ3n) is 5.73. The number of ether oxygens (including phenoxy) is 3. The molecule has 0 aromatic carbocycles. The van der Waals surface area contributed by atoms with E-state index >= 15 is 0 Å². The van der Waals surface area contributed by atoms with E-state index in [-0.39, 0.29) is 23.9 Å². The average molecular weight is 502 g/mol. The molecule has 10 nitrogen and oxygen atoms in total. The predicted molar refractivity (Wildman–Crippen MR) is 126 cm³/mol. The summed E-state index contributed by atoms with van der Waals surface area (Å²) in [4.78, 5) is 25.3. The van der Waals surface area contributed by atoms with Crippen LogP contribution in [0.5, 0.6) is 5.88 Å². The summed E-state index contributed by atoms with van der Waals surface area (Å²) in [5, 5.41) is 16.9. The number of aliphatic hydroxyl groups is 1. The molecule has 0 aliphatic carbocycles. The molecule has 2 aliphatic rings. The van der Waals surface area contributed by atoms with Crippen LogP contribution < -0.4 is 15.4 Å². The number of nitrogens with one attached hydrogen (secondary N) is 2. The number of amides is 1. The van der Waals surface area contributed by atoms with Gasteiger partial charge in [0, 0.05) is 35.7 Å². The van der Waals surface area contributed by atoms with E-state index in [1.807, 2.05) is 6.07 Å². The molecule has 0 saturated carbocycles. The van der Waals surface area contributed by atoms with Crippen molar-refractivity contribution in [2.24, 2.45) is 0 Å². The van der Waals surface area contributed by atoms with E-state index in [0.717, 1.165) is 22.5 Å². The number of nitrogens with zero attached hydrogens (tertiary/aromatic N) is 3. The molecule has 12 heteroatoms. The van der Waals surface area contributed by atoms with Crippen molar-refractivity contribution in [3.63, 3.8) is 0 Å². The van der Waals surface area contributed by atoms with Crippen LogP contribution in [0.2, 0.25) is 0 Å². The van der Waals surface area contributed by atoms with Crippen molar-refractivity contribution >= 4 is 34.4 Å². The zero-order chi connectivity index (χ0) is 24.4. The molecule has 1 fully saturated rings. The van der Waals surface area contributed by atoms with Crippen LogP contribution in [0, 0.1) is 5.82 Å². The average Bonchev–Trinajstić information content (AvgIpc) is 2.88. The smallest absolute Gasteiger partial charge is 0.234 e. The van der Waals surface area contributed by atoms with E-state index in [4.69, 9.17) is 14.2 Å². The number of aromatic nitrogens is 3. The molecule has 3 aromatic heterocycles. The largest absolute Gasteiger partial charge is 0.481 e. The Bertz CT molecular complexity index is 1240. The van der Waals surface area contributed by atoms with Crippen LogP contribution in [0.4, 0.5) is 10.1 Å². The highest BCUT2D eigenvalue weighted by atomic mass is 32.2. The van der Waals surface area contributed by atoms with Gasteiger partial charge in [-0.15, -0.1) is 11.8 Å². The monoisotopic (exact) mass is 501 g/mol. The maximum atomic E-state index is 14.6. The molecule has 0 bridgehead atoms. The fourth-order valence-electron chi connectivity index (χ4n) is 3.92. The Labute approximate surface area is 204 Å². The number of carbonyl (C=O) groups excluding carboxylic acids is 1. The van der Waals surface area contributed by atoms with Crippen LogP contribution in [0.3, 0.4) is 0 Å². The van der Waals surface area contributed by atoms with Crippen molar-refractivity contribution in [1.29, 1.82) is 0 Å². The first-order valence-corrected chi connectivity index (χ1v) is 12.0. The molecule has 1 saturated heterocycles. The number of thioether (sulfide) groups is 1. The maximum Gasteiger partial charge on any atom is 0.234 e. The topological polar surface area (TPSA) is 128 Å². The standard InChI is InChI=1S/C23H24FN5O5S/c1-32-21-3-2-16-22(29-21)14(15(24)7-27-16)5-18(30)23-33-9-13(10-34-23)25-6-12-4-17-19(8-26-12)35-11-20(31)28-17/h2-4,7-8,13,18,23,25,30H,5-6,9-11H2,1H3,(H,28,31)/t13?,18-,23?/m0/s1. The Balaban J connectivity index is 1.16. The molecule has 1 atom stereocenters. The third kappa shape index (κ3) is 5.36. The molecule has 2 aliphatic heterocycles. The van der Waals surface area contributed by atoms with Crippen molar-refractivity contribution in [2.75, 3.05) is 31.4 Å². The van der Waals surface area contributed by atoms with E-state index in [2.05, 4.69) is 25.6 Å². The second-order valence-electron chi connectivity index (χ2n) is 8.20. The number of aliphatic hydroxyl groups excluding tert-OH is 1. The third-order valence-corrected chi connectivity index (χ3v) is 6.77. The van der Waals surface area contributed by atoms with Gasteiger partial charge >= 0.3 is 0 Å². The van der Waals surface area contributed by atoms with Gasteiger partial charge in [0.1, 0.15) is 11.9 Å². The van der Waals surface area contributed by atoms with Gasteiger partial charge in [-0.25, -0.2) is 9.37 Å². The second kappa shape index (κ2) is 10.4. The van der Waals surface area contributed by atoms with Gasteiger partial charge in [0.05, 0.1) is 60.7 Å². The molecule has 35 heavy (non-hydrogen) atoms. The minimum atomic E-state index is -1.10. The summed E-state index contributed by atoms with van der Waals surface area (Å²) in [7, 11) is 1.47. The first-order chi connectivity index (χ1) is 17.0. The Morgan fingerprint density at radius 3 is 2.94 bits per heavy atom. The van der Waals surface area contributed by atoms with E-state index in [0.29, 0.717) is 42.4 Å². The van der Waals surface area contributed by atoms with Gasteiger partial charge in [-0.3, -0.25) is 14.8 Å². The number of hydrogen-bond acceptors (Lipinski definition) is 10. The molecular formula is C23H24FN5O5S. The number of hydrogen-bond donors (Lipinski definition) is 3. The number of pyridine rings is 3. The van der Waals surface area contributed by atoms with Crippen LogP contribution >= 0.6 is 11.8 Å². The fraction of sp³-hybridized carbons (Fsp3) is 0.391. The molecule has 184 valence electrons. The molecule has 1 amide bonds. The van der Waals surface area contributed by atoms with E-state index in [9.17, 15) is 14.3 Å². The molecule has 3 N–H and O–H groups in total. The molecule has 0 unspecified atom stereocenters. The maximum absolute atomic E-state index is 14.6. The van der Waals surface area contributed by atoms with Gasteiger partial charge in [-0.05, 0) is 12.1 Å². The number of carbonyl (C=O) groups is 1. The predicted octanol–water partition coefficient (Wildman–Crippen LogP) is 1.65. The summed E-state index contributed by atoms with van der Waals surface area (Å²) in [5.41, 5.74) is 2.58. The second-order valence-corrected chi connectivity index (χ2v) is 9.22. The van der Waals surface area contributed by atoms with Crippen LogP contribution in [0.15, 0.2) is 35.5 Å². The van der Waals surface area contributed by atoms with E-state index < -0.39 is 18.2 Å². The highest BCUT2D eigenvalue weighted by molar-refractivity contribution is 8.00. The van der Waals surface area contributed by atoms with Gasteiger partial charge in [0.2, 0.25) is 11.8 Å². The lowest BCUT2D eigenvalue weighted by molar-refractivity contribution is -0.230. The van der Waals surface area contributed by atoms with E-state index in [1.54, 1.807) is 18.3 Å². The van der Waals surface area contributed by atoms with Gasteiger partial charge < -0.3 is 30.0 Å². The van der Waals surface area contributed by atoms with Gasteiger partial charge in [0.25, 0.3) is 0 Å². The van der Waals surface area contributed by atoms with Crippen molar-refractivity contribution in [3.05, 3.63) is 47.7 Å². The highest BCUT2D eigenvalue weighted by Crippen LogP contribution is 2.31. The number of halogens is 1. The summed E-state index contributed by atoms with van der Waals surface area (Å²) in [6.45, 7) is 1.05. The Morgan fingerprint density at radius 2 is 2.14 bits per heavy atom. The normalized spacial score (nSPS) is 20.8. The molecule has 3 aromatic rings. The lowest BCUT2D eigenvalue weighted by Gasteiger charge is -2.32. The van der Waals surface area contributed by atoms with Crippen LogP contribution in [0.1, 0.15) is 11.3 Å². The zero-order valence-electron chi connectivity index (χ0n) is 18.9. The van der Waals surface area contributed by atoms with Crippen molar-refractivity contribution in [2.45, 2.75) is 36.3 Å². The Morgan fingerprint density at radius 1 is 1.31 bits per heavy atom. The first-order valence-electron chi connectivity index (χ1n) is 11.0. The van der Waals surface area contributed by atoms with Crippen molar-refractivity contribution in [1.82, 2.24) is 20.3 Å². The van der Waals surface area contributed by atoms with Gasteiger partial charge in [-0.1, -0.05) is 0 Å². The van der Waals surface area contributed by atoms with E-state index in [1.165, 1.54) is 18.9 Å². The van der Waals surface area contributed by atoms with Gasteiger partial charge in [0.15, 0.2) is 6.29 Å². The SMILES string of the molecule is COc1ccc2ncc(F)c(C[C@H](O)C3OCC(NCc4cc5c(cn4)SCC(=O)N5)CO3)c2n1. The van der Waals surface area contributed by atoms with Crippen LogP contribution in [-0.2, 0) is 27.2 Å².